The molecule has 1 aromatic carbocycles. The lowest BCUT2D eigenvalue weighted by molar-refractivity contribution is -0.145. The van der Waals surface area contributed by atoms with Crippen molar-refractivity contribution in [3.63, 3.8) is 0 Å². The van der Waals surface area contributed by atoms with Crippen molar-refractivity contribution in [2.75, 3.05) is 13.7 Å². The summed E-state index contributed by atoms with van der Waals surface area (Å²) in [5, 5.41) is 0. The molecular weight excluding hydrogens is 258 g/mol. The molecule has 20 heavy (non-hydrogen) atoms. The van der Waals surface area contributed by atoms with E-state index in [0.717, 1.165) is 12.0 Å². The van der Waals surface area contributed by atoms with Crippen molar-refractivity contribution in [1.29, 1.82) is 0 Å². The van der Waals surface area contributed by atoms with Crippen molar-refractivity contribution in [3.05, 3.63) is 35.9 Å². The second-order valence-corrected chi connectivity index (χ2v) is 4.65. The first-order chi connectivity index (χ1) is 9.69. The number of rotatable bonds is 3. The van der Waals surface area contributed by atoms with Crippen LogP contribution in [0.4, 0.5) is 4.79 Å². The second-order valence-electron chi connectivity index (χ2n) is 4.65. The molecule has 0 unspecified atom stereocenters. The Morgan fingerprint density at radius 1 is 1.25 bits per heavy atom. The highest BCUT2D eigenvalue weighted by atomic mass is 16.6. The lowest BCUT2D eigenvalue weighted by Crippen LogP contribution is -2.42. The number of nitrogens with zero attached hydrogens (tertiary/aromatic N) is 1. The number of carbonyl (C=O) groups excluding carboxylic acids is 2. The molecule has 0 aliphatic carbocycles. The van der Waals surface area contributed by atoms with Gasteiger partial charge >= 0.3 is 12.1 Å². The van der Waals surface area contributed by atoms with Gasteiger partial charge in [0.2, 0.25) is 0 Å². The lowest BCUT2D eigenvalue weighted by Gasteiger charge is -2.28. The number of esters is 1. The Bertz CT molecular complexity index is 474. The maximum atomic E-state index is 12.2. The Balaban J connectivity index is 2.28. The van der Waals surface area contributed by atoms with Crippen LogP contribution in [0.15, 0.2) is 30.3 Å². The van der Waals surface area contributed by atoms with Crippen molar-refractivity contribution in [2.45, 2.75) is 31.8 Å². The fraction of sp³-hybridized carbons (Fsp3) is 0.467. The Morgan fingerprint density at radius 2 is 1.95 bits per heavy atom. The van der Waals surface area contributed by atoms with E-state index in [2.05, 4.69) is 0 Å². The van der Waals surface area contributed by atoms with Gasteiger partial charge in [-0.25, -0.2) is 9.59 Å². The quantitative estimate of drug-likeness (QED) is 0.797. The highest BCUT2D eigenvalue weighted by Crippen LogP contribution is 2.37. The third kappa shape index (κ3) is 2.76. The third-order valence-corrected chi connectivity index (χ3v) is 3.52. The molecule has 0 aromatic heterocycles. The van der Waals surface area contributed by atoms with Crippen molar-refractivity contribution in [2.24, 2.45) is 0 Å². The van der Waals surface area contributed by atoms with E-state index < -0.39 is 18.1 Å². The Kier molecular flexibility index (Phi) is 4.61. The number of ether oxygens (including phenoxy) is 2. The van der Waals surface area contributed by atoms with E-state index >= 15 is 0 Å². The number of methoxy groups -OCH3 is 1. The Hall–Kier alpha value is -2.04. The second kappa shape index (κ2) is 6.41. The molecule has 1 aliphatic rings. The summed E-state index contributed by atoms with van der Waals surface area (Å²) >= 11 is 0. The van der Waals surface area contributed by atoms with Crippen LogP contribution in [-0.4, -0.2) is 36.7 Å². The molecule has 1 heterocycles. The molecule has 5 nitrogen and oxygen atoms in total. The minimum absolute atomic E-state index is 0.139. The van der Waals surface area contributed by atoms with Gasteiger partial charge in [-0.2, -0.15) is 0 Å². The van der Waals surface area contributed by atoms with Gasteiger partial charge in [0.15, 0.2) is 0 Å². The summed E-state index contributed by atoms with van der Waals surface area (Å²) in [5.74, 6) is -0.392. The van der Waals surface area contributed by atoms with Crippen LogP contribution in [0.2, 0.25) is 0 Å². The molecule has 0 spiro atoms. The molecule has 1 saturated heterocycles. The topological polar surface area (TPSA) is 55.8 Å². The lowest BCUT2D eigenvalue weighted by atomic mass is 10.1. The zero-order chi connectivity index (χ0) is 14.5. The molecule has 0 saturated carbocycles. The van der Waals surface area contributed by atoms with E-state index in [0.29, 0.717) is 6.42 Å². The van der Waals surface area contributed by atoms with Crippen LogP contribution >= 0.6 is 0 Å². The maximum absolute atomic E-state index is 12.2. The summed E-state index contributed by atoms with van der Waals surface area (Å²) in [6.07, 6.45) is 0.849. The maximum Gasteiger partial charge on any atom is 0.411 e. The van der Waals surface area contributed by atoms with Gasteiger partial charge in [-0.3, -0.25) is 4.90 Å². The smallest absolute Gasteiger partial charge is 0.411 e. The molecule has 0 N–H and O–H groups in total. The van der Waals surface area contributed by atoms with Gasteiger partial charge in [-0.05, 0) is 25.3 Å². The first kappa shape index (κ1) is 14.4. The van der Waals surface area contributed by atoms with E-state index in [-0.39, 0.29) is 12.6 Å². The average Bonchev–Trinajstić information content (AvgIpc) is 2.92. The molecule has 1 amide bonds. The molecule has 0 bridgehead atoms. The molecular formula is C15H19NO4. The molecule has 1 fully saturated rings. The molecule has 108 valence electrons. The number of likely N-dealkylation sites (tertiary alicyclic amines) is 1. The van der Waals surface area contributed by atoms with Crippen molar-refractivity contribution >= 4 is 12.1 Å². The molecule has 0 radical (unpaired) electrons. The van der Waals surface area contributed by atoms with E-state index in [1.165, 1.54) is 12.0 Å². The van der Waals surface area contributed by atoms with Crippen LogP contribution in [0.5, 0.6) is 0 Å². The molecule has 1 aliphatic heterocycles. The van der Waals surface area contributed by atoms with Crippen LogP contribution in [0.1, 0.15) is 31.4 Å². The summed E-state index contributed by atoms with van der Waals surface area (Å²) in [4.78, 5) is 25.5. The van der Waals surface area contributed by atoms with Gasteiger partial charge in [0.05, 0.1) is 19.8 Å². The van der Waals surface area contributed by atoms with Crippen molar-refractivity contribution < 1.29 is 19.1 Å². The van der Waals surface area contributed by atoms with Crippen molar-refractivity contribution in [1.82, 2.24) is 4.90 Å². The van der Waals surface area contributed by atoms with Gasteiger partial charge in [0.1, 0.15) is 6.04 Å². The van der Waals surface area contributed by atoms with Gasteiger partial charge in [0, 0.05) is 0 Å². The van der Waals surface area contributed by atoms with Gasteiger partial charge in [-0.15, -0.1) is 0 Å². The van der Waals surface area contributed by atoms with E-state index in [1.54, 1.807) is 6.92 Å². The highest BCUT2D eigenvalue weighted by Gasteiger charge is 2.43. The zero-order valence-electron chi connectivity index (χ0n) is 11.7. The average molecular weight is 277 g/mol. The predicted octanol–water partition coefficient (Wildman–Crippen LogP) is 2.52. The van der Waals surface area contributed by atoms with Crippen LogP contribution in [-0.2, 0) is 14.3 Å². The summed E-state index contributed by atoms with van der Waals surface area (Å²) in [7, 11) is 1.33. The fourth-order valence-corrected chi connectivity index (χ4v) is 2.63. The Labute approximate surface area is 118 Å². The minimum Gasteiger partial charge on any atom is -0.467 e. The highest BCUT2D eigenvalue weighted by molar-refractivity contribution is 5.82. The minimum atomic E-state index is -0.566. The van der Waals surface area contributed by atoms with Crippen LogP contribution in [0, 0.1) is 0 Å². The number of amides is 1. The SMILES string of the molecule is CCOC(=O)N1[C@@H](c2ccccc2)CC[C@H]1C(=O)OC. The number of carbonyl (C=O) groups is 2. The monoisotopic (exact) mass is 277 g/mol. The summed E-state index contributed by atoms with van der Waals surface area (Å²) in [6.45, 7) is 2.03. The first-order valence-corrected chi connectivity index (χ1v) is 6.77. The Morgan fingerprint density at radius 3 is 2.55 bits per heavy atom. The van der Waals surface area contributed by atoms with Crippen LogP contribution in [0.3, 0.4) is 0 Å². The normalized spacial score (nSPS) is 21.6. The number of benzene rings is 1. The van der Waals surface area contributed by atoms with E-state index in [1.807, 2.05) is 30.3 Å². The van der Waals surface area contributed by atoms with Crippen LogP contribution < -0.4 is 0 Å². The van der Waals surface area contributed by atoms with E-state index in [4.69, 9.17) is 9.47 Å². The van der Waals surface area contributed by atoms with Gasteiger partial charge in [-0.1, -0.05) is 30.3 Å². The van der Waals surface area contributed by atoms with Crippen molar-refractivity contribution in [3.8, 4) is 0 Å². The first-order valence-electron chi connectivity index (χ1n) is 6.77. The largest absolute Gasteiger partial charge is 0.467 e. The van der Waals surface area contributed by atoms with E-state index in [9.17, 15) is 9.59 Å². The molecule has 1 aromatic rings. The standard InChI is InChI=1S/C15H19NO4/c1-3-20-15(18)16-12(11-7-5-4-6-8-11)9-10-13(16)14(17)19-2/h4-8,12-13H,3,9-10H2,1-2H3/t12-,13+/m1/s1. The summed E-state index contributed by atoms with van der Waals surface area (Å²) in [5.41, 5.74) is 1.01. The van der Waals surface area contributed by atoms with Gasteiger partial charge in [0.25, 0.3) is 0 Å². The zero-order valence-corrected chi connectivity index (χ0v) is 11.7. The number of hydrogen-bond donors (Lipinski definition) is 0. The summed E-state index contributed by atoms with van der Waals surface area (Å²) < 4.78 is 9.87. The molecule has 2 atom stereocenters. The summed E-state index contributed by atoms with van der Waals surface area (Å²) in [6, 6.07) is 8.97. The third-order valence-electron chi connectivity index (χ3n) is 3.52. The molecule has 2 rings (SSSR count). The fourth-order valence-electron chi connectivity index (χ4n) is 2.63. The number of hydrogen-bond acceptors (Lipinski definition) is 4. The molecule has 5 heteroatoms. The van der Waals surface area contributed by atoms with Crippen LogP contribution in [0.25, 0.3) is 0 Å². The van der Waals surface area contributed by atoms with Gasteiger partial charge < -0.3 is 9.47 Å². The predicted molar refractivity (Wildman–Crippen MR) is 73.1 cm³/mol.